The van der Waals surface area contributed by atoms with Crippen molar-refractivity contribution >= 4 is 23.5 Å². The van der Waals surface area contributed by atoms with E-state index < -0.39 is 36.0 Å². The third-order valence-electron chi connectivity index (χ3n) is 5.29. The molecule has 1 aromatic rings. The van der Waals surface area contributed by atoms with E-state index >= 15 is 0 Å². The molecule has 152 valence electrons. The Kier molecular flexibility index (Phi) is 6.06. The molecule has 0 unspecified atom stereocenters. The van der Waals surface area contributed by atoms with Crippen LogP contribution in [-0.2, 0) is 30.3 Å². The van der Waals surface area contributed by atoms with Crippen LogP contribution in [0.2, 0.25) is 0 Å². The summed E-state index contributed by atoms with van der Waals surface area (Å²) in [6.45, 7) is 5.51. The minimum Gasteiger partial charge on any atom is -0.457 e. The lowest BCUT2D eigenvalue weighted by atomic mass is 9.78. The van der Waals surface area contributed by atoms with Gasteiger partial charge in [-0.05, 0) is 51.7 Å². The van der Waals surface area contributed by atoms with Crippen LogP contribution in [0.3, 0.4) is 0 Å². The molecule has 1 amide bonds. The van der Waals surface area contributed by atoms with Crippen LogP contribution in [0.4, 0.5) is 5.69 Å². The molecule has 0 bridgehead atoms. The van der Waals surface area contributed by atoms with Crippen LogP contribution >= 0.6 is 0 Å². The molecular formula is C22H29NO5. The van der Waals surface area contributed by atoms with Crippen molar-refractivity contribution in [2.75, 3.05) is 18.1 Å². The van der Waals surface area contributed by atoms with Crippen molar-refractivity contribution in [3.63, 3.8) is 0 Å². The number of hydrogen-bond donors (Lipinski definition) is 0. The van der Waals surface area contributed by atoms with Gasteiger partial charge in [-0.1, -0.05) is 31.0 Å². The number of fused-ring (bicyclic) bond motifs is 1. The maximum absolute atomic E-state index is 13.2. The van der Waals surface area contributed by atoms with Crippen LogP contribution in [0, 0.1) is 11.8 Å². The van der Waals surface area contributed by atoms with Gasteiger partial charge in [-0.25, -0.2) is 4.79 Å². The molecule has 6 heteroatoms. The Morgan fingerprint density at radius 3 is 2.46 bits per heavy atom. The topological polar surface area (TPSA) is 72.9 Å². The fourth-order valence-electron chi connectivity index (χ4n) is 4.08. The summed E-state index contributed by atoms with van der Waals surface area (Å²) in [5, 5.41) is 0. The predicted octanol–water partition coefficient (Wildman–Crippen LogP) is 3.27. The van der Waals surface area contributed by atoms with Crippen molar-refractivity contribution in [2.24, 2.45) is 11.8 Å². The monoisotopic (exact) mass is 387 g/mol. The first-order valence-corrected chi connectivity index (χ1v) is 10.0. The van der Waals surface area contributed by atoms with Gasteiger partial charge in [0.05, 0.1) is 11.8 Å². The number of carbonyl (C=O) groups is 3. The zero-order chi connectivity index (χ0) is 20.3. The molecule has 2 aliphatic rings. The van der Waals surface area contributed by atoms with E-state index in [1.54, 1.807) is 25.7 Å². The lowest BCUT2D eigenvalue weighted by Crippen LogP contribution is -2.42. The number of para-hydroxylation sites is 1. The first kappa shape index (κ1) is 20.4. The molecule has 1 saturated carbocycles. The first-order chi connectivity index (χ1) is 13.3. The average molecular weight is 387 g/mol. The Bertz CT molecular complexity index is 752. The molecule has 28 heavy (non-hydrogen) atoms. The summed E-state index contributed by atoms with van der Waals surface area (Å²) in [7, 11) is 0. The molecule has 0 radical (unpaired) electrons. The number of anilines is 1. The van der Waals surface area contributed by atoms with E-state index in [-0.39, 0.29) is 5.91 Å². The zero-order valence-corrected chi connectivity index (χ0v) is 16.9. The average Bonchev–Trinajstić information content (AvgIpc) is 3.08. The Morgan fingerprint density at radius 2 is 1.75 bits per heavy atom. The quantitative estimate of drug-likeness (QED) is 0.742. The standard InChI is InChI=1S/C22H29NO5/c1-22(2,3)28-19(24)14-27-21(26)17-10-6-5-9-16(17)20(25)23-13-12-15-8-4-7-11-18(15)23/h4,7-8,11,16-17H,5-6,9-10,12-14H2,1-3H3/t16-,17+/m1/s1. The van der Waals surface area contributed by atoms with Crippen molar-refractivity contribution < 1.29 is 23.9 Å². The molecule has 0 saturated heterocycles. The molecular weight excluding hydrogens is 358 g/mol. The second-order valence-electron chi connectivity index (χ2n) is 8.56. The van der Waals surface area contributed by atoms with E-state index in [1.807, 2.05) is 24.3 Å². The van der Waals surface area contributed by atoms with Gasteiger partial charge in [-0.3, -0.25) is 9.59 Å². The molecule has 1 aliphatic carbocycles. The largest absolute Gasteiger partial charge is 0.457 e. The number of nitrogens with zero attached hydrogens (tertiary/aromatic N) is 1. The highest BCUT2D eigenvalue weighted by atomic mass is 16.6. The highest BCUT2D eigenvalue weighted by Gasteiger charge is 2.40. The van der Waals surface area contributed by atoms with Crippen molar-refractivity contribution in [3.8, 4) is 0 Å². The van der Waals surface area contributed by atoms with E-state index in [0.717, 1.165) is 30.5 Å². The molecule has 1 aromatic carbocycles. The van der Waals surface area contributed by atoms with Crippen LogP contribution in [0.15, 0.2) is 24.3 Å². The highest BCUT2D eigenvalue weighted by molar-refractivity contribution is 5.99. The lowest BCUT2D eigenvalue weighted by Gasteiger charge is -2.32. The maximum atomic E-state index is 13.2. The van der Waals surface area contributed by atoms with Crippen molar-refractivity contribution in [3.05, 3.63) is 29.8 Å². The molecule has 2 atom stereocenters. The number of amides is 1. The molecule has 0 aromatic heterocycles. The fourth-order valence-corrected chi connectivity index (χ4v) is 4.08. The molecule has 1 heterocycles. The third-order valence-corrected chi connectivity index (χ3v) is 5.29. The van der Waals surface area contributed by atoms with Gasteiger partial charge in [0, 0.05) is 12.2 Å². The number of hydrogen-bond acceptors (Lipinski definition) is 5. The number of benzene rings is 1. The van der Waals surface area contributed by atoms with Gasteiger partial charge in [0.15, 0.2) is 6.61 Å². The Hall–Kier alpha value is -2.37. The Morgan fingerprint density at radius 1 is 1.07 bits per heavy atom. The lowest BCUT2D eigenvalue weighted by molar-refractivity contribution is -0.170. The van der Waals surface area contributed by atoms with Crippen molar-refractivity contribution in [1.29, 1.82) is 0 Å². The highest BCUT2D eigenvalue weighted by Crippen LogP contribution is 2.36. The number of carbonyl (C=O) groups excluding carboxylic acids is 3. The zero-order valence-electron chi connectivity index (χ0n) is 16.9. The first-order valence-electron chi connectivity index (χ1n) is 10.0. The second kappa shape index (κ2) is 8.33. The molecule has 6 nitrogen and oxygen atoms in total. The van der Waals surface area contributed by atoms with Crippen LogP contribution in [0.5, 0.6) is 0 Å². The molecule has 1 fully saturated rings. The Labute approximate surface area is 166 Å². The van der Waals surface area contributed by atoms with Crippen molar-refractivity contribution in [2.45, 2.75) is 58.5 Å². The van der Waals surface area contributed by atoms with Crippen LogP contribution < -0.4 is 4.90 Å². The number of ether oxygens (including phenoxy) is 2. The predicted molar refractivity (Wildman–Crippen MR) is 105 cm³/mol. The van der Waals surface area contributed by atoms with Crippen molar-refractivity contribution in [1.82, 2.24) is 0 Å². The smallest absolute Gasteiger partial charge is 0.344 e. The van der Waals surface area contributed by atoms with Gasteiger partial charge in [0.25, 0.3) is 0 Å². The summed E-state index contributed by atoms with van der Waals surface area (Å²) >= 11 is 0. The minimum atomic E-state index is -0.629. The SMILES string of the molecule is CC(C)(C)OC(=O)COC(=O)[C@H]1CCCC[C@H]1C(=O)N1CCc2ccccc21. The summed E-state index contributed by atoms with van der Waals surface area (Å²) in [6.07, 6.45) is 3.92. The molecule has 1 aliphatic heterocycles. The number of esters is 2. The Balaban J connectivity index is 1.65. The summed E-state index contributed by atoms with van der Waals surface area (Å²) in [5.41, 5.74) is 1.48. The summed E-state index contributed by atoms with van der Waals surface area (Å²) in [6, 6.07) is 7.90. The maximum Gasteiger partial charge on any atom is 0.344 e. The van der Waals surface area contributed by atoms with Crippen LogP contribution in [0.1, 0.15) is 52.0 Å². The number of rotatable bonds is 4. The second-order valence-corrected chi connectivity index (χ2v) is 8.56. The fraction of sp³-hybridized carbons (Fsp3) is 0.591. The van der Waals surface area contributed by atoms with Gasteiger partial charge in [0.1, 0.15) is 5.60 Å². The van der Waals surface area contributed by atoms with E-state index in [1.165, 1.54) is 0 Å². The van der Waals surface area contributed by atoms with Gasteiger partial charge < -0.3 is 14.4 Å². The summed E-state index contributed by atoms with van der Waals surface area (Å²) in [5.74, 6) is -1.96. The molecule has 0 spiro atoms. The summed E-state index contributed by atoms with van der Waals surface area (Å²) < 4.78 is 10.4. The van der Waals surface area contributed by atoms with E-state index in [2.05, 4.69) is 0 Å². The summed E-state index contributed by atoms with van der Waals surface area (Å²) in [4.78, 5) is 39.5. The van der Waals surface area contributed by atoms with Gasteiger partial charge >= 0.3 is 11.9 Å². The van der Waals surface area contributed by atoms with Gasteiger partial charge in [-0.15, -0.1) is 0 Å². The van der Waals surface area contributed by atoms with E-state index in [9.17, 15) is 14.4 Å². The minimum absolute atomic E-state index is 0.0103. The van der Waals surface area contributed by atoms with Crippen LogP contribution in [0.25, 0.3) is 0 Å². The normalized spacial score (nSPS) is 21.8. The van der Waals surface area contributed by atoms with Gasteiger partial charge in [0.2, 0.25) is 5.91 Å². The van der Waals surface area contributed by atoms with Crippen LogP contribution in [-0.4, -0.2) is 36.6 Å². The molecule has 3 rings (SSSR count). The third kappa shape index (κ3) is 4.72. The molecule has 0 N–H and O–H groups in total. The van der Waals surface area contributed by atoms with E-state index in [4.69, 9.17) is 9.47 Å². The van der Waals surface area contributed by atoms with Gasteiger partial charge in [-0.2, -0.15) is 0 Å². The van der Waals surface area contributed by atoms with E-state index in [0.29, 0.717) is 19.4 Å².